The highest BCUT2D eigenvalue weighted by atomic mass is 19.1. The van der Waals surface area contributed by atoms with Gasteiger partial charge in [0.05, 0.1) is 12.3 Å². The Balaban J connectivity index is 2.40. The molecule has 1 aromatic heterocycles. The van der Waals surface area contributed by atoms with Gasteiger partial charge in [-0.15, -0.1) is 0 Å². The minimum absolute atomic E-state index is 0.293. The third kappa shape index (κ3) is 4.85. The summed E-state index contributed by atoms with van der Waals surface area (Å²) in [4.78, 5) is 5.81. The van der Waals surface area contributed by atoms with Gasteiger partial charge in [-0.05, 0) is 32.0 Å². The fourth-order valence-corrected chi connectivity index (χ4v) is 1.34. The van der Waals surface area contributed by atoms with Crippen molar-refractivity contribution in [1.29, 1.82) is 0 Å². The summed E-state index contributed by atoms with van der Waals surface area (Å²) in [5, 5.41) is 9.11. The van der Waals surface area contributed by atoms with Crippen molar-refractivity contribution in [3.8, 4) is 0 Å². The zero-order valence-electron chi connectivity index (χ0n) is 9.15. The molecule has 0 radical (unpaired) electrons. The summed E-state index contributed by atoms with van der Waals surface area (Å²) in [5.41, 5.74) is 0.850. The Bertz CT molecular complexity index is 304. The van der Waals surface area contributed by atoms with Crippen molar-refractivity contribution in [1.82, 2.24) is 9.88 Å². The lowest BCUT2D eigenvalue weighted by Crippen LogP contribution is -2.22. The lowest BCUT2D eigenvalue weighted by molar-refractivity contribution is 0.163. The number of nitrogens with zero attached hydrogens (tertiary/aromatic N) is 2. The molecular formula is C11H17FN2O. The van der Waals surface area contributed by atoms with Crippen LogP contribution in [0, 0.1) is 5.82 Å². The Labute approximate surface area is 89.6 Å². The summed E-state index contributed by atoms with van der Waals surface area (Å²) in [6.45, 7) is 3.20. The van der Waals surface area contributed by atoms with E-state index in [1.165, 1.54) is 12.3 Å². The number of aromatic nitrogens is 1. The topological polar surface area (TPSA) is 36.4 Å². The van der Waals surface area contributed by atoms with Gasteiger partial charge in [0.15, 0.2) is 0 Å². The van der Waals surface area contributed by atoms with E-state index >= 15 is 0 Å². The van der Waals surface area contributed by atoms with Gasteiger partial charge in [0.25, 0.3) is 0 Å². The monoisotopic (exact) mass is 212 g/mol. The number of hydrogen-bond acceptors (Lipinski definition) is 3. The third-order valence-electron chi connectivity index (χ3n) is 2.14. The zero-order chi connectivity index (χ0) is 11.3. The first-order chi connectivity index (χ1) is 7.08. The molecule has 0 aromatic carbocycles. The van der Waals surface area contributed by atoms with E-state index in [0.717, 1.165) is 18.5 Å². The van der Waals surface area contributed by atoms with Gasteiger partial charge in [-0.1, -0.05) is 0 Å². The summed E-state index contributed by atoms with van der Waals surface area (Å²) in [6.07, 6.45) is 3.28. The summed E-state index contributed by atoms with van der Waals surface area (Å²) in [7, 11) is 1.94. The van der Waals surface area contributed by atoms with Crippen molar-refractivity contribution in [3.63, 3.8) is 0 Å². The molecule has 0 spiro atoms. The number of rotatable bonds is 5. The largest absolute Gasteiger partial charge is 0.393 e. The maximum Gasteiger partial charge on any atom is 0.141 e. The highest BCUT2D eigenvalue weighted by Gasteiger charge is 2.03. The molecule has 0 bridgehead atoms. The van der Waals surface area contributed by atoms with Crippen molar-refractivity contribution in [2.24, 2.45) is 0 Å². The number of halogens is 1. The summed E-state index contributed by atoms with van der Waals surface area (Å²) in [5.74, 6) is -0.309. The molecule has 0 saturated heterocycles. The molecule has 0 aliphatic carbocycles. The van der Waals surface area contributed by atoms with Crippen LogP contribution in [0.2, 0.25) is 0 Å². The smallest absolute Gasteiger partial charge is 0.141 e. The third-order valence-corrected chi connectivity index (χ3v) is 2.14. The van der Waals surface area contributed by atoms with E-state index in [4.69, 9.17) is 5.11 Å². The highest BCUT2D eigenvalue weighted by Crippen LogP contribution is 2.04. The lowest BCUT2D eigenvalue weighted by atomic mass is 10.2. The van der Waals surface area contributed by atoms with Gasteiger partial charge >= 0.3 is 0 Å². The Kier molecular flexibility index (Phi) is 4.65. The molecule has 0 amide bonds. The summed E-state index contributed by atoms with van der Waals surface area (Å²) >= 11 is 0. The van der Waals surface area contributed by atoms with Crippen LogP contribution >= 0.6 is 0 Å². The number of aliphatic hydroxyl groups excluding tert-OH is 1. The Morgan fingerprint density at radius 3 is 2.87 bits per heavy atom. The molecule has 84 valence electrons. The second-order valence-corrected chi connectivity index (χ2v) is 3.89. The van der Waals surface area contributed by atoms with Gasteiger partial charge in [0.2, 0.25) is 0 Å². The van der Waals surface area contributed by atoms with Gasteiger partial charge in [-0.3, -0.25) is 4.98 Å². The van der Waals surface area contributed by atoms with Crippen LogP contribution in [0.3, 0.4) is 0 Å². The lowest BCUT2D eigenvalue weighted by Gasteiger charge is -2.17. The van der Waals surface area contributed by atoms with Crippen molar-refractivity contribution in [2.75, 3.05) is 13.6 Å². The minimum atomic E-state index is -0.309. The normalized spacial score (nSPS) is 13.1. The molecule has 1 aromatic rings. The second kappa shape index (κ2) is 5.78. The maximum atomic E-state index is 12.8. The van der Waals surface area contributed by atoms with E-state index in [1.54, 1.807) is 13.1 Å². The highest BCUT2D eigenvalue weighted by molar-refractivity contribution is 5.09. The van der Waals surface area contributed by atoms with Gasteiger partial charge in [-0.25, -0.2) is 4.39 Å². The molecule has 1 atom stereocenters. The van der Waals surface area contributed by atoms with E-state index < -0.39 is 0 Å². The fourth-order valence-electron chi connectivity index (χ4n) is 1.34. The predicted molar refractivity (Wildman–Crippen MR) is 56.8 cm³/mol. The van der Waals surface area contributed by atoms with Crippen LogP contribution < -0.4 is 0 Å². The molecule has 1 heterocycles. The molecule has 15 heavy (non-hydrogen) atoms. The molecule has 0 aliphatic rings. The van der Waals surface area contributed by atoms with Crippen molar-refractivity contribution < 1.29 is 9.50 Å². The van der Waals surface area contributed by atoms with E-state index in [0.29, 0.717) is 6.54 Å². The van der Waals surface area contributed by atoms with Crippen molar-refractivity contribution >= 4 is 0 Å². The van der Waals surface area contributed by atoms with E-state index in [2.05, 4.69) is 4.98 Å². The quantitative estimate of drug-likeness (QED) is 0.802. The average Bonchev–Trinajstić information content (AvgIpc) is 2.15. The van der Waals surface area contributed by atoms with Gasteiger partial charge in [-0.2, -0.15) is 0 Å². The van der Waals surface area contributed by atoms with Gasteiger partial charge in [0.1, 0.15) is 5.82 Å². The molecule has 4 heteroatoms. The summed E-state index contributed by atoms with van der Waals surface area (Å²) < 4.78 is 12.8. The Morgan fingerprint density at radius 2 is 2.27 bits per heavy atom. The van der Waals surface area contributed by atoms with E-state index in [1.807, 2.05) is 11.9 Å². The molecule has 1 unspecified atom stereocenters. The SMILES string of the molecule is CC(O)CCN(C)Cc1cncc(F)c1. The van der Waals surface area contributed by atoms with E-state index in [-0.39, 0.29) is 11.9 Å². The molecule has 1 rings (SSSR count). The first-order valence-corrected chi connectivity index (χ1v) is 5.04. The molecule has 3 nitrogen and oxygen atoms in total. The second-order valence-electron chi connectivity index (χ2n) is 3.89. The van der Waals surface area contributed by atoms with Crippen molar-refractivity contribution in [3.05, 3.63) is 29.8 Å². The van der Waals surface area contributed by atoms with Crippen molar-refractivity contribution in [2.45, 2.75) is 26.0 Å². The first kappa shape index (κ1) is 12.1. The first-order valence-electron chi connectivity index (χ1n) is 5.04. The van der Waals surface area contributed by atoms with Gasteiger partial charge in [0, 0.05) is 19.3 Å². The number of pyridine rings is 1. The minimum Gasteiger partial charge on any atom is -0.393 e. The van der Waals surface area contributed by atoms with Crippen LogP contribution in [0.15, 0.2) is 18.5 Å². The summed E-state index contributed by atoms with van der Waals surface area (Å²) in [6, 6.07) is 1.48. The number of hydrogen-bond donors (Lipinski definition) is 1. The molecule has 0 fully saturated rings. The predicted octanol–water partition coefficient (Wildman–Crippen LogP) is 1.42. The fraction of sp³-hybridized carbons (Fsp3) is 0.545. The van der Waals surface area contributed by atoms with Crippen LogP contribution in [0.5, 0.6) is 0 Å². The van der Waals surface area contributed by atoms with Crippen LogP contribution in [0.4, 0.5) is 4.39 Å². The Morgan fingerprint density at radius 1 is 1.53 bits per heavy atom. The van der Waals surface area contributed by atoms with Crippen LogP contribution in [0.25, 0.3) is 0 Å². The van der Waals surface area contributed by atoms with Gasteiger partial charge < -0.3 is 10.0 Å². The van der Waals surface area contributed by atoms with Crippen LogP contribution in [-0.2, 0) is 6.54 Å². The molecular weight excluding hydrogens is 195 g/mol. The van der Waals surface area contributed by atoms with E-state index in [9.17, 15) is 4.39 Å². The Hall–Kier alpha value is -1.00. The average molecular weight is 212 g/mol. The number of aliphatic hydroxyl groups is 1. The standard InChI is InChI=1S/C11H17FN2O/c1-9(15)3-4-14(2)8-10-5-11(12)7-13-6-10/h5-7,9,15H,3-4,8H2,1-2H3. The van der Waals surface area contributed by atoms with Crippen LogP contribution in [0.1, 0.15) is 18.9 Å². The molecule has 0 saturated carbocycles. The molecule has 1 N–H and O–H groups in total. The molecule has 0 aliphatic heterocycles. The zero-order valence-corrected chi connectivity index (χ0v) is 9.15. The maximum absolute atomic E-state index is 12.8. The van der Waals surface area contributed by atoms with Crippen LogP contribution in [-0.4, -0.2) is 34.7 Å².